The second kappa shape index (κ2) is 7.76. The van der Waals surface area contributed by atoms with Crippen LogP contribution >= 0.6 is 0 Å². The molecule has 3 aromatic carbocycles. The lowest BCUT2D eigenvalue weighted by atomic mass is 10.1. The van der Waals surface area contributed by atoms with Gasteiger partial charge < -0.3 is 0 Å². The van der Waals surface area contributed by atoms with Gasteiger partial charge in [0.05, 0.1) is 16.6 Å². The molecule has 3 aromatic rings. The van der Waals surface area contributed by atoms with Gasteiger partial charge in [0, 0.05) is 0 Å². The van der Waals surface area contributed by atoms with E-state index < -0.39 is 21.9 Å². The third-order valence-electron chi connectivity index (χ3n) is 4.87. The van der Waals surface area contributed by atoms with Gasteiger partial charge in [0.2, 0.25) is 0 Å². The Morgan fingerprint density at radius 2 is 1.54 bits per heavy atom. The highest BCUT2D eigenvalue weighted by Gasteiger charge is 2.31. The zero-order valence-corrected chi connectivity index (χ0v) is 17.3. The molecule has 3 nitrogen and oxygen atoms in total. The number of halogens is 1. The zero-order valence-electron chi connectivity index (χ0n) is 16.5. The number of hydrogen-bond acceptors (Lipinski definition) is 2. The molecule has 1 atom stereocenters. The average Bonchev–Trinajstić information content (AvgIpc) is 2.64. The predicted molar refractivity (Wildman–Crippen MR) is 112 cm³/mol. The summed E-state index contributed by atoms with van der Waals surface area (Å²) in [7, 11) is -3.97. The van der Waals surface area contributed by atoms with E-state index in [1.54, 1.807) is 13.0 Å². The first kappa shape index (κ1) is 20.1. The Bertz CT molecular complexity index is 1090. The fourth-order valence-electron chi connectivity index (χ4n) is 3.16. The van der Waals surface area contributed by atoms with Crippen molar-refractivity contribution in [3.63, 3.8) is 0 Å². The van der Waals surface area contributed by atoms with Crippen molar-refractivity contribution in [2.24, 2.45) is 0 Å². The van der Waals surface area contributed by atoms with Crippen LogP contribution in [-0.2, 0) is 10.0 Å². The van der Waals surface area contributed by atoms with Crippen molar-refractivity contribution in [3.05, 3.63) is 94.8 Å². The largest absolute Gasteiger partial charge is 0.264 e. The second-order valence-electron chi connectivity index (χ2n) is 7.14. The molecular weight excluding hydrogens is 373 g/mol. The SMILES string of the molecule is Cc1ccc([C@H](C)N(c2cccc(C)c2)S(=O)(=O)c2ccc(C)c(F)c2)cc1. The lowest BCUT2D eigenvalue weighted by Crippen LogP contribution is -2.34. The highest BCUT2D eigenvalue weighted by Crippen LogP contribution is 2.34. The lowest BCUT2D eigenvalue weighted by molar-refractivity contribution is 0.578. The molecule has 0 bridgehead atoms. The minimum absolute atomic E-state index is 0.0592. The molecule has 0 aliphatic carbocycles. The third-order valence-corrected chi connectivity index (χ3v) is 6.76. The standard InChI is InChI=1S/C23H24FNO2S/c1-16-8-11-20(12-9-16)19(4)25(21-7-5-6-17(2)14-21)28(26,27)22-13-10-18(3)23(24)15-22/h5-15,19H,1-4H3/t19-/m0/s1. The quantitative estimate of drug-likeness (QED) is 0.553. The maximum Gasteiger partial charge on any atom is 0.264 e. The minimum Gasteiger partial charge on any atom is -0.259 e. The van der Waals surface area contributed by atoms with Crippen LogP contribution in [0.15, 0.2) is 71.6 Å². The van der Waals surface area contributed by atoms with E-state index >= 15 is 0 Å². The van der Waals surface area contributed by atoms with Crippen LogP contribution in [0.25, 0.3) is 0 Å². The van der Waals surface area contributed by atoms with Gasteiger partial charge >= 0.3 is 0 Å². The molecule has 0 spiro atoms. The van der Waals surface area contributed by atoms with Gasteiger partial charge in [-0.05, 0) is 68.7 Å². The highest BCUT2D eigenvalue weighted by atomic mass is 32.2. The fourth-order valence-corrected chi connectivity index (χ4v) is 4.81. The van der Waals surface area contributed by atoms with Crippen LogP contribution in [0.2, 0.25) is 0 Å². The third kappa shape index (κ3) is 3.94. The number of benzene rings is 3. The van der Waals surface area contributed by atoms with Crippen molar-refractivity contribution in [2.45, 2.75) is 38.6 Å². The number of nitrogens with zero attached hydrogens (tertiary/aromatic N) is 1. The van der Waals surface area contributed by atoms with Gasteiger partial charge in [-0.15, -0.1) is 0 Å². The molecule has 0 heterocycles. The monoisotopic (exact) mass is 397 g/mol. The molecule has 0 saturated carbocycles. The first-order valence-corrected chi connectivity index (χ1v) is 10.6. The zero-order chi connectivity index (χ0) is 20.5. The molecule has 146 valence electrons. The van der Waals surface area contributed by atoms with Crippen molar-refractivity contribution < 1.29 is 12.8 Å². The van der Waals surface area contributed by atoms with E-state index in [0.29, 0.717) is 11.3 Å². The summed E-state index contributed by atoms with van der Waals surface area (Å²) in [4.78, 5) is -0.0592. The van der Waals surface area contributed by atoms with Crippen molar-refractivity contribution in [2.75, 3.05) is 4.31 Å². The van der Waals surface area contributed by atoms with Gasteiger partial charge in [0.15, 0.2) is 0 Å². The van der Waals surface area contributed by atoms with Crippen molar-refractivity contribution in [1.82, 2.24) is 0 Å². The molecule has 3 rings (SSSR count). The van der Waals surface area contributed by atoms with E-state index in [0.717, 1.165) is 22.8 Å². The molecule has 0 saturated heterocycles. The summed E-state index contributed by atoms with van der Waals surface area (Å²) >= 11 is 0. The van der Waals surface area contributed by atoms with Crippen LogP contribution in [0.3, 0.4) is 0 Å². The molecule has 0 N–H and O–H groups in total. The van der Waals surface area contributed by atoms with E-state index in [4.69, 9.17) is 0 Å². The van der Waals surface area contributed by atoms with Crippen LogP contribution in [0.5, 0.6) is 0 Å². The number of hydrogen-bond donors (Lipinski definition) is 0. The van der Waals surface area contributed by atoms with Crippen LogP contribution in [0, 0.1) is 26.6 Å². The highest BCUT2D eigenvalue weighted by molar-refractivity contribution is 7.92. The van der Waals surface area contributed by atoms with Crippen molar-refractivity contribution in [1.29, 1.82) is 0 Å². The van der Waals surface area contributed by atoms with Gasteiger partial charge in [-0.25, -0.2) is 12.8 Å². The molecule has 28 heavy (non-hydrogen) atoms. The Balaban J connectivity index is 2.17. The molecular formula is C23H24FNO2S. The molecule has 0 fully saturated rings. The van der Waals surface area contributed by atoms with E-state index in [9.17, 15) is 12.8 Å². The van der Waals surface area contributed by atoms with Crippen LogP contribution in [0.1, 0.15) is 35.2 Å². The van der Waals surface area contributed by atoms with Gasteiger partial charge in [0.1, 0.15) is 5.82 Å². The molecule has 0 aliphatic heterocycles. The number of sulfonamides is 1. The topological polar surface area (TPSA) is 37.4 Å². The van der Waals surface area contributed by atoms with E-state index in [2.05, 4.69) is 0 Å². The second-order valence-corrected chi connectivity index (χ2v) is 8.95. The summed E-state index contributed by atoms with van der Waals surface area (Å²) in [5.41, 5.74) is 3.87. The fraction of sp³-hybridized carbons (Fsp3) is 0.217. The smallest absolute Gasteiger partial charge is 0.259 e. The lowest BCUT2D eigenvalue weighted by Gasteiger charge is -2.31. The molecule has 0 radical (unpaired) electrons. The minimum atomic E-state index is -3.97. The van der Waals surface area contributed by atoms with Crippen molar-refractivity contribution >= 4 is 15.7 Å². The van der Waals surface area contributed by atoms with Crippen LogP contribution in [-0.4, -0.2) is 8.42 Å². The first-order chi connectivity index (χ1) is 13.2. The van der Waals surface area contributed by atoms with Gasteiger partial charge in [-0.3, -0.25) is 4.31 Å². The maximum atomic E-state index is 14.1. The van der Waals surface area contributed by atoms with E-state index in [-0.39, 0.29) is 4.90 Å². The Morgan fingerprint density at radius 3 is 2.14 bits per heavy atom. The average molecular weight is 398 g/mol. The number of aryl methyl sites for hydroxylation is 3. The molecule has 0 amide bonds. The summed E-state index contributed by atoms with van der Waals surface area (Å²) in [5.74, 6) is -0.534. The summed E-state index contributed by atoms with van der Waals surface area (Å²) in [6.07, 6.45) is 0. The summed E-state index contributed by atoms with van der Waals surface area (Å²) in [5, 5.41) is 0. The van der Waals surface area contributed by atoms with Gasteiger partial charge in [-0.2, -0.15) is 0 Å². The molecule has 5 heteroatoms. The summed E-state index contributed by atoms with van der Waals surface area (Å²) in [6.45, 7) is 7.35. The Labute approximate surface area is 166 Å². The maximum absolute atomic E-state index is 14.1. The van der Waals surface area contributed by atoms with Crippen molar-refractivity contribution in [3.8, 4) is 0 Å². The van der Waals surface area contributed by atoms with Crippen LogP contribution < -0.4 is 4.31 Å². The van der Waals surface area contributed by atoms with Gasteiger partial charge in [0.25, 0.3) is 10.0 Å². The molecule has 0 aromatic heterocycles. The number of anilines is 1. The summed E-state index contributed by atoms with van der Waals surface area (Å²) < 4.78 is 42.6. The predicted octanol–water partition coefficient (Wildman–Crippen LogP) is 5.71. The van der Waals surface area contributed by atoms with E-state index in [1.165, 1.54) is 16.4 Å². The Morgan fingerprint density at radius 1 is 0.857 bits per heavy atom. The first-order valence-electron chi connectivity index (χ1n) is 9.14. The van der Waals surface area contributed by atoms with Crippen LogP contribution in [0.4, 0.5) is 10.1 Å². The summed E-state index contributed by atoms with van der Waals surface area (Å²) in [6, 6.07) is 18.7. The Hall–Kier alpha value is -2.66. The number of rotatable bonds is 5. The molecule has 0 unspecified atom stereocenters. The van der Waals surface area contributed by atoms with E-state index in [1.807, 2.05) is 63.2 Å². The molecule has 0 aliphatic rings. The normalized spacial score (nSPS) is 12.6. The Kier molecular flexibility index (Phi) is 5.57. The van der Waals surface area contributed by atoms with Gasteiger partial charge in [-0.1, -0.05) is 48.0 Å².